The van der Waals surface area contributed by atoms with Gasteiger partial charge in [-0.25, -0.2) is 4.39 Å². The van der Waals surface area contributed by atoms with Gasteiger partial charge in [0.05, 0.1) is 0 Å². The number of piperidine rings is 1. The average Bonchev–Trinajstić information content (AvgIpc) is 3.24. The molecule has 2 aromatic rings. The molecule has 0 unspecified atom stereocenters. The summed E-state index contributed by atoms with van der Waals surface area (Å²) in [7, 11) is 0. The molecular formula is C25H26FN3O3. The Hall–Kier alpha value is -3.48. The molecule has 0 aliphatic carbocycles. The van der Waals surface area contributed by atoms with Crippen molar-refractivity contribution in [3.8, 4) is 0 Å². The van der Waals surface area contributed by atoms with Crippen LogP contribution >= 0.6 is 0 Å². The number of carbonyl (C=O) groups is 3. The minimum atomic E-state index is -0.376. The third-order valence-corrected chi connectivity index (χ3v) is 5.94. The summed E-state index contributed by atoms with van der Waals surface area (Å²) >= 11 is 0. The van der Waals surface area contributed by atoms with Crippen LogP contribution in [0, 0.1) is 5.82 Å². The number of halogens is 1. The van der Waals surface area contributed by atoms with Crippen molar-refractivity contribution in [2.24, 2.45) is 0 Å². The number of amides is 3. The molecule has 1 N–H and O–H groups in total. The summed E-state index contributed by atoms with van der Waals surface area (Å²) in [5, 5.41) is 2.96. The van der Waals surface area contributed by atoms with Gasteiger partial charge in [-0.05, 0) is 67.3 Å². The Kier molecular flexibility index (Phi) is 6.63. The summed E-state index contributed by atoms with van der Waals surface area (Å²) in [5.74, 6) is -0.513. The van der Waals surface area contributed by atoms with Crippen LogP contribution in [0.25, 0.3) is 6.08 Å². The van der Waals surface area contributed by atoms with Gasteiger partial charge in [-0.15, -0.1) is 0 Å². The van der Waals surface area contributed by atoms with Crippen molar-refractivity contribution in [2.75, 3.05) is 24.5 Å². The zero-order valence-electron chi connectivity index (χ0n) is 17.8. The number of benzene rings is 2. The van der Waals surface area contributed by atoms with Crippen LogP contribution in [0.4, 0.5) is 10.1 Å². The van der Waals surface area contributed by atoms with Crippen molar-refractivity contribution >= 4 is 29.5 Å². The Bertz CT molecular complexity index is 1010. The van der Waals surface area contributed by atoms with Crippen LogP contribution < -0.4 is 10.2 Å². The highest BCUT2D eigenvalue weighted by atomic mass is 19.1. The zero-order valence-corrected chi connectivity index (χ0v) is 17.8. The SMILES string of the molecule is O=C(NC1CCN(C(=O)/C=C/c2ccc(N3CCCC3=O)cc2)CC1)c1ccc(F)cc1. The van der Waals surface area contributed by atoms with Crippen molar-refractivity contribution in [1.82, 2.24) is 10.2 Å². The number of rotatable bonds is 5. The van der Waals surface area contributed by atoms with Gasteiger partial charge in [0, 0.05) is 49.4 Å². The van der Waals surface area contributed by atoms with E-state index >= 15 is 0 Å². The largest absolute Gasteiger partial charge is 0.349 e. The molecule has 2 aromatic carbocycles. The number of hydrogen-bond donors (Lipinski definition) is 1. The number of hydrogen-bond acceptors (Lipinski definition) is 3. The maximum absolute atomic E-state index is 13.0. The van der Waals surface area contributed by atoms with Crippen LogP contribution in [0.15, 0.2) is 54.6 Å². The molecule has 2 aliphatic rings. The summed E-state index contributed by atoms with van der Waals surface area (Å²) in [5.41, 5.74) is 2.21. The van der Waals surface area contributed by atoms with E-state index in [2.05, 4.69) is 5.32 Å². The highest BCUT2D eigenvalue weighted by Gasteiger charge is 2.23. The van der Waals surface area contributed by atoms with Crippen molar-refractivity contribution < 1.29 is 18.8 Å². The Morgan fingerprint density at radius 2 is 1.66 bits per heavy atom. The Morgan fingerprint density at radius 3 is 2.28 bits per heavy atom. The molecule has 6 nitrogen and oxygen atoms in total. The highest BCUT2D eigenvalue weighted by molar-refractivity contribution is 5.96. The molecule has 3 amide bonds. The van der Waals surface area contributed by atoms with E-state index in [9.17, 15) is 18.8 Å². The van der Waals surface area contributed by atoms with E-state index in [0.29, 0.717) is 37.9 Å². The van der Waals surface area contributed by atoms with Crippen LogP contribution in [0.5, 0.6) is 0 Å². The zero-order chi connectivity index (χ0) is 22.5. The second kappa shape index (κ2) is 9.77. The van der Waals surface area contributed by atoms with E-state index in [1.54, 1.807) is 22.0 Å². The van der Waals surface area contributed by atoms with Crippen molar-refractivity contribution in [1.29, 1.82) is 0 Å². The predicted octanol–water partition coefficient (Wildman–Crippen LogP) is 3.39. The Balaban J connectivity index is 1.25. The fourth-order valence-electron chi connectivity index (χ4n) is 4.07. The smallest absolute Gasteiger partial charge is 0.251 e. The number of nitrogens with one attached hydrogen (secondary N) is 1. The van der Waals surface area contributed by atoms with Crippen molar-refractivity contribution in [3.05, 3.63) is 71.6 Å². The summed E-state index contributed by atoms with van der Waals surface area (Å²) < 4.78 is 13.0. The third-order valence-electron chi connectivity index (χ3n) is 5.94. The lowest BCUT2D eigenvalue weighted by Gasteiger charge is -2.31. The first kappa shape index (κ1) is 21.7. The molecule has 166 valence electrons. The van der Waals surface area contributed by atoms with E-state index in [1.807, 2.05) is 24.3 Å². The first-order valence-electron chi connectivity index (χ1n) is 10.9. The minimum Gasteiger partial charge on any atom is -0.349 e. The second-order valence-electron chi connectivity index (χ2n) is 8.15. The molecule has 0 saturated carbocycles. The highest BCUT2D eigenvalue weighted by Crippen LogP contribution is 2.22. The molecule has 0 atom stereocenters. The predicted molar refractivity (Wildman–Crippen MR) is 121 cm³/mol. The topological polar surface area (TPSA) is 69.7 Å². The van der Waals surface area contributed by atoms with E-state index in [4.69, 9.17) is 0 Å². The van der Waals surface area contributed by atoms with E-state index in [0.717, 1.165) is 24.2 Å². The molecule has 2 heterocycles. The molecule has 2 saturated heterocycles. The van der Waals surface area contributed by atoms with Gasteiger partial charge < -0.3 is 15.1 Å². The minimum absolute atomic E-state index is 0.0126. The lowest BCUT2D eigenvalue weighted by Crippen LogP contribution is -2.46. The number of nitrogens with zero attached hydrogens (tertiary/aromatic N) is 2. The van der Waals surface area contributed by atoms with Gasteiger partial charge in [-0.1, -0.05) is 12.1 Å². The molecule has 0 spiro atoms. The van der Waals surface area contributed by atoms with E-state index in [1.165, 1.54) is 24.3 Å². The fourth-order valence-corrected chi connectivity index (χ4v) is 4.07. The van der Waals surface area contributed by atoms with Gasteiger partial charge in [0.2, 0.25) is 11.8 Å². The average molecular weight is 435 g/mol. The second-order valence-corrected chi connectivity index (χ2v) is 8.15. The Morgan fingerprint density at radius 1 is 0.969 bits per heavy atom. The standard InChI is InChI=1S/C25H26FN3O3/c26-20-8-6-19(7-9-20)25(32)27-21-13-16-28(17-14-21)23(30)12-5-18-3-10-22(11-4-18)29-15-1-2-24(29)31/h3-12,21H,1-2,13-17H2,(H,27,32)/b12-5+. The molecule has 0 aromatic heterocycles. The molecule has 7 heteroatoms. The fraction of sp³-hybridized carbons (Fsp3) is 0.320. The van der Waals surface area contributed by atoms with Gasteiger partial charge in [-0.3, -0.25) is 14.4 Å². The molecular weight excluding hydrogens is 409 g/mol. The maximum Gasteiger partial charge on any atom is 0.251 e. The Labute approximate surface area is 186 Å². The maximum atomic E-state index is 13.0. The molecule has 4 rings (SSSR count). The van der Waals surface area contributed by atoms with E-state index < -0.39 is 0 Å². The number of likely N-dealkylation sites (tertiary alicyclic amines) is 1. The van der Waals surface area contributed by atoms with Gasteiger partial charge in [-0.2, -0.15) is 0 Å². The molecule has 0 bridgehead atoms. The third kappa shape index (κ3) is 5.22. The lowest BCUT2D eigenvalue weighted by molar-refractivity contribution is -0.127. The van der Waals surface area contributed by atoms with Crippen LogP contribution in [0.3, 0.4) is 0 Å². The number of anilines is 1. The van der Waals surface area contributed by atoms with Crippen LogP contribution in [0.1, 0.15) is 41.6 Å². The monoisotopic (exact) mass is 435 g/mol. The quantitative estimate of drug-likeness (QED) is 0.732. The van der Waals surface area contributed by atoms with Crippen LogP contribution in [-0.2, 0) is 9.59 Å². The van der Waals surface area contributed by atoms with Crippen LogP contribution in [0.2, 0.25) is 0 Å². The summed E-state index contributed by atoms with van der Waals surface area (Å²) in [4.78, 5) is 40.2. The van der Waals surface area contributed by atoms with Gasteiger partial charge in [0.15, 0.2) is 0 Å². The van der Waals surface area contributed by atoms with Crippen LogP contribution in [-0.4, -0.2) is 48.3 Å². The van der Waals surface area contributed by atoms with Gasteiger partial charge >= 0.3 is 0 Å². The van der Waals surface area contributed by atoms with Gasteiger partial charge in [0.1, 0.15) is 5.82 Å². The first-order chi connectivity index (χ1) is 15.5. The summed E-state index contributed by atoms with van der Waals surface area (Å²) in [6.07, 6.45) is 6.17. The van der Waals surface area contributed by atoms with Crippen molar-refractivity contribution in [3.63, 3.8) is 0 Å². The molecule has 2 aliphatic heterocycles. The van der Waals surface area contributed by atoms with Gasteiger partial charge in [0.25, 0.3) is 5.91 Å². The molecule has 2 fully saturated rings. The van der Waals surface area contributed by atoms with E-state index in [-0.39, 0.29) is 29.6 Å². The number of carbonyl (C=O) groups excluding carboxylic acids is 3. The first-order valence-corrected chi connectivity index (χ1v) is 10.9. The molecule has 0 radical (unpaired) electrons. The van der Waals surface area contributed by atoms with Crippen molar-refractivity contribution in [2.45, 2.75) is 31.7 Å². The lowest BCUT2D eigenvalue weighted by atomic mass is 10.0. The summed E-state index contributed by atoms with van der Waals surface area (Å²) in [6, 6.07) is 13.1. The normalized spacial score (nSPS) is 17.2. The summed E-state index contributed by atoms with van der Waals surface area (Å²) in [6.45, 7) is 1.88. The molecule has 32 heavy (non-hydrogen) atoms.